The van der Waals surface area contributed by atoms with E-state index in [4.69, 9.17) is 9.47 Å². The van der Waals surface area contributed by atoms with Crippen LogP contribution in [0.25, 0.3) is 10.8 Å². The Bertz CT molecular complexity index is 1110. The first-order valence-electron chi connectivity index (χ1n) is 10.3. The Labute approximate surface area is 186 Å². The van der Waals surface area contributed by atoms with Gasteiger partial charge in [0, 0.05) is 36.7 Å². The lowest BCUT2D eigenvalue weighted by Gasteiger charge is -2.23. The van der Waals surface area contributed by atoms with Gasteiger partial charge in [0.15, 0.2) is 0 Å². The normalized spacial score (nSPS) is 11.8. The lowest BCUT2D eigenvalue weighted by Crippen LogP contribution is -2.34. The van der Waals surface area contributed by atoms with Gasteiger partial charge >= 0.3 is 6.09 Å². The van der Waals surface area contributed by atoms with Crippen molar-refractivity contribution in [1.29, 1.82) is 0 Å². The van der Waals surface area contributed by atoms with Crippen LogP contribution in [0.3, 0.4) is 0 Å². The standard InChI is InChI=1S/C26H25NO3S/c1-27(26(28)30-21-11-3-2-4-12-21)17-16-22(19-23-13-8-18-31-23)29-25-15-7-10-20-9-5-6-14-24(20)25/h2-15,18,22H,16-17,19H2,1H3/t22-/m0/s1. The van der Waals surface area contributed by atoms with Crippen molar-refractivity contribution in [1.82, 2.24) is 4.90 Å². The second-order valence-corrected chi connectivity index (χ2v) is 8.42. The van der Waals surface area contributed by atoms with Gasteiger partial charge in [0.05, 0.1) is 0 Å². The lowest BCUT2D eigenvalue weighted by molar-refractivity contribution is 0.145. The molecule has 0 spiro atoms. The number of amides is 1. The van der Waals surface area contributed by atoms with Crippen molar-refractivity contribution in [3.8, 4) is 11.5 Å². The number of fused-ring (bicyclic) bond motifs is 1. The molecule has 1 amide bonds. The molecule has 0 aliphatic rings. The number of benzene rings is 3. The van der Waals surface area contributed by atoms with Crippen LogP contribution in [-0.4, -0.2) is 30.7 Å². The highest BCUT2D eigenvalue weighted by atomic mass is 32.1. The SMILES string of the molecule is CN(CC[C@@H](Cc1cccs1)Oc1cccc2ccccc12)C(=O)Oc1ccccc1. The molecule has 0 aliphatic carbocycles. The quantitative estimate of drug-likeness (QED) is 0.323. The molecule has 0 aliphatic heterocycles. The van der Waals surface area contributed by atoms with Gasteiger partial charge in [-0.3, -0.25) is 0 Å². The summed E-state index contributed by atoms with van der Waals surface area (Å²) in [5.74, 6) is 1.41. The molecule has 1 atom stereocenters. The summed E-state index contributed by atoms with van der Waals surface area (Å²) in [7, 11) is 1.76. The van der Waals surface area contributed by atoms with Crippen LogP contribution in [0, 0.1) is 0 Å². The van der Waals surface area contributed by atoms with E-state index in [0.29, 0.717) is 18.7 Å². The number of rotatable bonds is 8. The Morgan fingerprint density at radius 1 is 0.935 bits per heavy atom. The minimum atomic E-state index is -0.369. The van der Waals surface area contributed by atoms with Gasteiger partial charge < -0.3 is 14.4 Å². The fraction of sp³-hybridized carbons (Fsp3) is 0.192. The van der Waals surface area contributed by atoms with Gasteiger partial charge in [-0.25, -0.2) is 4.79 Å². The van der Waals surface area contributed by atoms with Gasteiger partial charge in [0.25, 0.3) is 0 Å². The average molecular weight is 432 g/mol. The summed E-state index contributed by atoms with van der Waals surface area (Å²) in [6, 6.07) is 27.6. The maximum absolute atomic E-state index is 12.4. The topological polar surface area (TPSA) is 38.8 Å². The van der Waals surface area contributed by atoms with Crippen molar-refractivity contribution < 1.29 is 14.3 Å². The minimum absolute atomic E-state index is 0.0589. The summed E-state index contributed by atoms with van der Waals surface area (Å²) >= 11 is 1.72. The van der Waals surface area contributed by atoms with E-state index in [1.54, 1.807) is 35.4 Å². The molecule has 31 heavy (non-hydrogen) atoms. The van der Waals surface area contributed by atoms with Crippen LogP contribution in [0.5, 0.6) is 11.5 Å². The van der Waals surface area contributed by atoms with Crippen LogP contribution in [0.1, 0.15) is 11.3 Å². The van der Waals surface area contributed by atoms with Gasteiger partial charge in [-0.05, 0) is 35.0 Å². The van der Waals surface area contributed by atoms with Gasteiger partial charge in [0.2, 0.25) is 0 Å². The van der Waals surface area contributed by atoms with Crippen LogP contribution in [0.2, 0.25) is 0 Å². The second-order valence-electron chi connectivity index (χ2n) is 7.39. The van der Waals surface area contributed by atoms with Crippen LogP contribution in [0.4, 0.5) is 4.79 Å². The van der Waals surface area contributed by atoms with E-state index in [0.717, 1.165) is 22.9 Å². The van der Waals surface area contributed by atoms with Crippen molar-refractivity contribution in [3.05, 3.63) is 95.2 Å². The molecule has 0 saturated heterocycles. The van der Waals surface area contributed by atoms with Crippen LogP contribution in [-0.2, 0) is 6.42 Å². The number of para-hydroxylation sites is 1. The van der Waals surface area contributed by atoms with E-state index < -0.39 is 0 Å². The molecule has 0 fully saturated rings. The van der Waals surface area contributed by atoms with Crippen LogP contribution >= 0.6 is 11.3 Å². The molecule has 0 bridgehead atoms. The Kier molecular flexibility index (Phi) is 6.85. The molecule has 1 aromatic heterocycles. The van der Waals surface area contributed by atoms with E-state index in [9.17, 15) is 4.79 Å². The van der Waals surface area contributed by atoms with Crippen molar-refractivity contribution in [2.45, 2.75) is 18.9 Å². The van der Waals surface area contributed by atoms with Gasteiger partial charge in [-0.15, -0.1) is 11.3 Å². The number of ether oxygens (including phenoxy) is 2. The summed E-state index contributed by atoms with van der Waals surface area (Å²) in [4.78, 5) is 15.3. The number of nitrogens with zero attached hydrogens (tertiary/aromatic N) is 1. The molecule has 3 aromatic carbocycles. The van der Waals surface area contributed by atoms with Gasteiger partial charge in [0.1, 0.15) is 17.6 Å². The van der Waals surface area contributed by atoms with Crippen molar-refractivity contribution in [2.24, 2.45) is 0 Å². The highest BCUT2D eigenvalue weighted by Crippen LogP contribution is 2.28. The molecule has 1 heterocycles. The fourth-order valence-electron chi connectivity index (χ4n) is 3.43. The van der Waals surface area contributed by atoms with Crippen molar-refractivity contribution in [3.63, 3.8) is 0 Å². The molecule has 158 valence electrons. The second kappa shape index (κ2) is 10.1. The Hall–Kier alpha value is -3.31. The van der Waals surface area contributed by atoms with E-state index in [-0.39, 0.29) is 12.2 Å². The number of hydrogen-bond donors (Lipinski definition) is 0. The minimum Gasteiger partial charge on any atom is -0.489 e. The zero-order valence-corrected chi connectivity index (χ0v) is 18.3. The molecule has 0 radical (unpaired) electrons. The first kappa shape index (κ1) is 20.9. The molecular weight excluding hydrogens is 406 g/mol. The summed E-state index contributed by atoms with van der Waals surface area (Å²) < 4.78 is 11.9. The van der Waals surface area contributed by atoms with E-state index in [1.807, 2.05) is 42.5 Å². The highest BCUT2D eigenvalue weighted by Gasteiger charge is 2.18. The van der Waals surface area contributed by atoms with E-state index >= 15 is 0 Å². The molecule has 4 nitrogen and oxygen atoms in total. The molecule has 4 aromatic rings. The zero-order valence-electron chi connectivity index (χ0n) is 17.4. The zero-order chi connectivity index (χ0) is 21.5. The first-order valence-corrected chi connectivity index (χ1v) is 11.2. The van der Waals surface area contributed by atoms with Crippen LogP contribution in [0.15, 0.2) is 90.3 Å². The van der Waals surface area contributed by atoms with E-state index in [1.165, 1.54) is 4.88 Å². The third kappa shape index (κ3) is 5.64. The van der Waals surface area contributed by atoms with Gasteiger partial charge in [-0.1, -0.05) is 60.7 Å². The monoisotopic (exact) mass is 431 g/mol. The predicted molar refractivity (Wildman–Crippen MR) is 126 cm³/mol. The molecule has 0 unspecified atom stereocenters. The Morgan fingerprint density at radius 3 is 2.52 bits per heavy atom. The maximum atomic E-state index is 12.4. The highest BCUT2D eigenvalue weighted by molar-refractivity contribution is 7.09. The number of hydrogen-bond acceptors (Lipinski definition) is 4. The Morgan fingerprint density at radius 2 is 1.71 bits per heavy atom. The first-order chi connectivity index (χ1) is 15.2. The smallest absolute Gasteiger partial charge is 0.414 e. The third-order valence-electron chi connectivity index (χ3n) is 5.10. The summed E-state index contributed by atoms with van der Waals surface area (Å²) in [5.41, 5.74) is 0. The Balaban J connectivity index is 1.44. The van der Waals surface area contributed by atoms with Crippen LogP contribution < -0.4 is 9.47 Å². The number of carbonyl (C=O) groups excluding carboxylic acids is 1. The largest absolute Gasteiger partial charge is 0.489 e. The molecule has 5 heteroatoms. The molecular formula is C26H25NO3S. The lowest BCUT2D eigenvalue weighted by atomic mass is 10.1. The summed E-state index contributed by atoms with van der Waals surface area (Å²) in [6.07, 6.45) is 1.06. The predicted octanol–water partition coefficient (Wildman–Crippen LogP) is 6.41. The summed E-state index contributed by atoms with van der Waals surface area (Å²) in [6.45, 7) is 0.534. The molecule has 4 rings (SSSR count). The third-order valence-corrected chi connectivity index (χ3v) is 6.00. The number of carbonyl (C=O) groups is 1. The summed E-state index contributed by atoms with van der Waals surface area (Å²) in [5, 5.41) is 4.32. The molecule has 0 N–H and O–H groups in total. The van der Waals surface area contributed by atoms with Gasteiger partial charge in [-0.2, -0.15) is 0 Å². The fourth-order valence-corrected chi connectivity index (χ4v) is 4.20. The molecule has 0 saturated carbocycles. The van der Waals surface area contributed by atoms with E-state index in [2.05, 4.69) is 35.7 Å². The number of thiophene rings is 1. The van der Waals surface area contributed by atoms with Crippen molar-refractivity contribution in [2.75, 3.05) is 13.6 Å². The average Bonchev–Trinajstić information content (AvgIpc) is 3.31. The van der Waals surface area contributed by atoms with Crippen molar-refractivity contribution >= 4 is 28.2 Å². The maximum Gasteiger partial charge on any atom is 0.414 e.